The molecule has 0 fully saturated rings. The summed E-state index contributed by atoms with van der Waals surface area (Å²) >= 11 is 0. The van der Waals surface area contributed by atoms with E-state index >= 15 is 0 Å². The topological polar surface area (TPSA) is 35.2 Å². The van der Waals surface area contributed by atoms with Crippen LogP contribution in [-0.2, 0) is 0 Å². The fourth-order valence-electron chi connectivity index (χ4n) is 2.04. The second kappa shape index (κ2) is 6.01. The van der Waals surface area contributed by atoms with Crippen LogP contribution in [0.4, 0.5) is 8.78 Å². The van der Waals surface area contributed by atoms with Crippen LogP contribution in [-0.4, -0.2) is 6.04 Å². The summed E-state index contributed by atoms with van der Waals surface area (Å²) in [5.74, 6) is -2.06. The first-order chi connectivity index (χ1) is 9.49. The molecule has 0 aliphatic heterocycles. The van der Waals surface area contributed by atoms with Crippen LogP contribution in [0.25, 0.3) is 0 Å². The first-order valence-electron chi connectivity index (χ1n) is 6.42. The van der Waals surface area contributed by atoms with E-state index in [1.165, 1.54) is 12.1 Å². The summed E-state index contributed by atoms with van der Waals surface area (Å²) in [7, 11) is 0. The molecule has 0 aliphatic carbocycles. The summed E-state index contributed by atoms with van der Waals surface area (Å²) in [5, 5.41) is 0. The maximum atomic E-state index is 13.7. The van der Waals surface area contributed by atoms with Crippen LogP contribution >= 0.6 is 0 Å². The molecular formula is C16H17F2NO. The van der Waals surface area contributed by atoms with E-state index in [2.05, 4.69) is 0 Å². The summed E-state index contributed by atoms with van der Waals surface area (Å²) < 4.78 is 32.5. The van der Waals surface area contributed by atoms with E-state index in [-0.39, 0.29) is 11.8 Å². The number of benzene rings is 2. The van der Waals surface area contributed by atoms with Gasteiger partial charge in [0.15, 0.2) is 11.6 Å². The number of aryl methyl sites for hydroxylation is 1. The van der Waals surface area contributed by atoms with Gasteiger partial charge in [0.2, 0.25) is 5.82 Å². The van der Waals surface area contributed by atoms with Gasteiger partial charge in [0, 0.05) is 6.04 Å². The molecule has 20 heavy (non-hydrogen) atoms. The Bertz CT molecular complexity index is 599. The van der Waals surface area contributed by atoms with E-state index in [0.717, 1.165) is 17.2 Å². The van der Waals surface area contributed by atoms with Gasteiger partial charge >= 0.3 is 0 Å². The maximum Gasteiger partial charge on any atom is 0.200 e. The summed E-state index contributed by atoms with van der Waals surface area (Å²) in [5.41, 5.74) is 7.80. The largest absolute Gasteiger partial charge is 0.481 e. The van der Waals surface area contributed by atoms with Gasteiger partial charge in [-0.25, -0.2) is 4.39 Å². The molecule has 0 bridgehead atoms. The predicted octanol–water partition coefficient (Wildman–Crippen LogP) is 3.74. The van der Waals surface area contributed by atoms with Crippen molar-refractivity contribution in [3.05, 3.63) is 65.2 Å². The van der Waals surface area contributed by atoms with Crippen molar-refractivity contribution in [3.8, 4) is 5.75 Å². The number of halogens is 2. The highest BCUT2D eigenvalue weighted by Crippen LogP contribution is 2.27. The number of ether oxygens (including phenoxy) is 1. The summed E-state index contributed by atoms with van der Waals surface area (Å²) in [6.07, 6.45) is -0.536. The second-order valence-corrected chi connectivity index (χ2v) is 4.86. The Morgan fingerprint density at radius 2 is 1.80 bits per heavy atom. The highest BCUT2D eigenvalue weighted by Gasteiger charge is 2.21. The molecule has 0 saturated carbocycles. The first-order valence-corrected chi connectivity index (χ1v) is 6.42. The van der Waals surface area contributed by atoms with E-state index in [9.17, 15) is 8.78 Å². The quantitative estimate of drug-likeness (QED) is 0.924. The minimum Gasteiger partial charge on any atom is -0.481 e. The number of rotatable bonds is 4. The molecule has 2 rings (SSSR count). The molecule has 0 amide bonds. The molecule has 2 unspecified atom stereocenters. The fraction of sp³-hybridized carbons (Fsp3) is 0.250. The molecule has 2 aromatic carbocycles. The number of nitrogens with two attached hydrogens (primary N) is 1. The lowest BCUT2D eigenvalue weighted by Gasteiger charge is -2.23. The zero-order chi connectivity index (χ0) is 14.7. The lowest BCUT2D eigenvalue weighted by Crippen LogP contribution is -2.29. The standard InChI is InChI=1S/C16H17F2NO/c1-10-5-3-6-12(9-10)16(11(2)19)20-14-8-4-7-13(17)15(14)18/h3-9,11,16H,19H2,1-2H3. The van der Waals surface area contributed by atoms with Crippen molar-refractivity contribution in [3.63, 3.8) is 0 Å². The van der Waals surface area contributed by atoms with Gasteiger partial charge in [-0.2, -0.15) is 4.39 Å². The minimum atomic E-state index is -0.995. The van der Waals surface area contributed by atoms with Crippen molar-refractivity contribution >= 4 is 0 Å². The molecule has 0 radical (unpaired) electrons. The van der Waals surface area contributed by atoms with E-state index in [1.807, 2.05) is 31.2 Å². The van der Waals surface area contributed by atoms with Gasteiger partial charge < -0.3 is 10.5 Å². The van der Waals surface area contributed by atoms with Gasteiger partial charge in [-0.15, -0.1) is 0 Å². The van der Waals surface area contributed by atoms with Gasteiger partial charge in [0.25, 0.3) is 0 Å². The third-order valence-corrected chi connectivity index (χ3v) is 3.02. The lowest BCUT2D eigenvalue weighted by molar-refractivity contribution is 0.170. The highest BCUT2D eigenvalue weighted by molar-refractivity contribution is 5.29. The maximum absolute atomic E-state index is 13.7. The van der Waals surface area contributed by atoms with Crippen LogP contribution in [0.5, 0.6) is 5.75 Å². The molecule has 0 heterocycles. The van der Waals surface area contributed by atoms with Crippen molar-refractivity contribution in [2.75, 3.05) is 0 Å². The van der Waals surface area contributed by atoms with E-state index in [1.54, 1.807) is 6.92 Å². The Labute approximate surface area is 117 Å². The molecule has 0 saturated heterocycles. The monoisotopic (exact) mass is 277 g/mol. The van der Waals surface area contributed by atoms with Crippen LogP contribution in [0.2, 0.25) is 0 Å². The van der Waals surface area contributed by atoms with Gasteiger partial charge in [-0.1, -0.05) is 35.9 Å². The van der Waals surface area contributed by atoms with Crippen molar-refractivity contribution < 1.29 is 13.5 Å². The van der Waals surface area contributed by atoms with E-state index in [0.29, 0.717) is 0 Å². The summed E-state index contributed by atoms with van der Waals surface area (Å²) in [6, 6.07) is 11.1. The van der Waals surface area contributed by atoms with Crippen molar-refractivity contribution in [2.45, 2.75) is 26.0 Å². The van der Waals surface area contributed by atoms with Crippen LogP contribution in [0.3, 0.4) is 0 Å². The zero-order valence-corrected chi connectivity index (χ0v) is 11.4. The molecule has 2 nitrogen and oxygen atoms in total. The Kier molecular flexibility index (Phi) is 4.35. The third kappa shape index (κ3) is 3.14. The molecule has 2 aromatic rings. The average molecular weight is 277 g/mol. The van der Waals surface area contributed by atoms with Gasteiger partial charge in [-0.05, 0) is 31.5 Å². The van der Waals surface area contributed by atoms with Crippen LogP contribution in [0.1, 0.15) is 24.2 Å². The Morgan fingerprint density at radius 1 is 1.10 bits per heavy atom. The highest BCUT2D eigenvalue weighted by atomic mass is 19.2. The molecule has 2 N–H and O–H groups in total. The Balaban J connectivity index is 2.33. The normalized spacial score (nSPS) is 13.8. The molecule has 0 aliphatic rings. The summed E-state index contributed by atoms with van der Waals surface area (Å²) in [6.45, 7) is 3.72. The SMILES string of the molecule is Cc1cccc(C(Oc2cccc(F)c2F)C(C)N)c1. The van der Waals surface area contributed by atoms with Crippen LogP contribution < -0.4 is 10.5 Å². The van der Waals surface area contributed by atoms with Crippen molar-refractivity contribution in [1.82, 2.24) is 0 Å². The number of hydrogen-bond donors (Lipinski definition) is 1. The first kappa shape index (κ1) is 14.5. The minimum absolute atomic E-state index is 0.131. The zero-order valence-electron chi connectivity index (χ0n) is 11.4. The predicted molar refractivity (Wildman–Crippen MR) is 74.6 cm³/mol. The van der Waals surface area contributed by atoms with E-state index in [4.69, 9.17) is 10.5 Å². The van der Waals surface area contributed by atoms with Crippen LogP contribution in [0, 0.1) is 18.6 Å². The summed E-state index contributed by atoms with van der Waals surface area (Å²) in [4.78, 5) is 0. The van der Waals surface area contributed by atoms with E-state index < -0.39 is 17.7 Å². The fourth-order valence-corrected chi connectivity index (χ4v) is 2.04. The molecular weight excluding hydrogens is 260 g/mol. The third-order valence-electron chi connectivity index (χ3n) is 3.02. The molecule has 106 valence electrons. The molecule has 2 atom stereocenters. The van der Waals surface area contributed by atoms with Gasteiger partial charge in [-0.3, -0.25) is 0 Å². The van der Waals surface area contributed by atoms with Crippen molar-refractivity contribution in [1.29, 1.82) is 0 Å². The molecule has 4 heteroatoms. The van der Waals surface area contributed by atoms with Crippen molar-refractivity contribution in [2.24, 2.45) is 5.73 Å². The Morgan fingerprint density at radius 3 is 2.45 bits per heavy atom. The average Bonchev–Trinajstić information content (AvgIpc) is 2.40. The second-order valence-electron chi connectivity index (χ2n) is 4.86. The number of hydrogen-bond acceptors (Lipinski definition) is 2. The lowest BCUT2D eigenvalue weighted by atomic mass is 10.0. The van der Waals surface area contributed by atoms with Gasteiger partial charge in [0.05, 0.1) is 0 Å². The molecule has 0 spiro atoms. The molecule has 0 aromatic heterocycles. The van der Waals surface area contributed by atoms with Gasteiger partial charge in [0.1, 0.15) is 6.10 Å². The van der Waals surface area contributed by atoms with Crippen LogP contribution in [0.15, 0.2) is 42.5 Å². The smallest absolute Gasteiger partial charge is 0.200 e. The Hall–Kier alpha value is -1.94.